The number of ether oxygens (including phenoxy) is 1. The number of amidine groups is 1. The molecule has 3 aromatic carbocycles. The first-order valence-corrected chi connectivity index (χ1v) is 12.5. The van der Waals surface area contributed by atoms with Crippen molar-refractivity contribution >= 4 is 45.7 Å². The van der Waals surface area contributed by atoms with Crippen molar-refractivity contribution < 1.29 is 9.53 Å². The Morgan fingerprint density at radius 2 is 1.74 bits per heavy atom. The standard InChI is InChI=1S/C27H26N4O2S/c1-4-33-26(32)25-29-31(21-16-14-19(2)15-17-21)27(20-10-6-5-7-11-20)18-24(34-3)28-22-12-8-9-13-23(22)30(25)27/h5-17H,4,18H2,1-3H3/t27-/m0/s1. The molecule has 0 saturated carbocycles. The molecule has 0 radical (unpaired) electrons. The molecular weight excluding hydrogens is 444 g/mol. The molecule has 2 heterocycles. The molecule has 0 aromatic heterocycles. The Morgan fingerprint density at radius 1 is 1.03 bits per heavy atom. The van der Waals surface area contributed by atoms with E-state index < -0.39 is 11.6 Å². The summed E-state index contributed by atoms with van der Waals surface area (Å²) in [6.07, 6.45) is 2.57. The van der Waals surface area contributed by atoms with E-state index >= 15 is 0 Å². The van der Waals surface area contributed by atoms with Crippen LogP contribution in [-0.2, 0) is 15.2 Å². The fourth-order valence-corrected chi connectivity index (χ4v) is 5.09. The molecule has 34 heavy (non-hydrogen) atoms. The van der Waals surface area contributed by atoms with Gasteiger partial charge in [0.15, 0.2) is 5.66 Å². The van der Waals surface area contributed by atoms with Crippen LogP contribution in [0.2, 0.25) is 0 Å². The number of esters is 1. The van der Waals surface area contributed by atoms with E-state index in [1.807, 2.05) is 70.8 Å². The van der Waals surface area contributed by atoms with Gasteiger partial charge < -0.3 is 4.74 Å². The first-order chi connectivity index (χ1) is 16.6. The van der Waals surface area contributed by atoms with Crippen molar-refractivity contribution in [2.24, 2.45) is 10.1 Å². The number of aliphatic imine (C=N–C) groups is 1. The van der Waals surface area contributed by atoms with Gasteiger partial charge in [-0.25, -0.2) is 14.8 Å². The highest BCUT2D eigenvalue weighted by atomic mass is 32.2. The highest BCUT2D eigenvalue weighted by molar-refractivity contribution is 8.13. The van der Waals surface area contributed by atoms with Crippen LogP contribution >= 0.6 is 11.8 Å². The lowest BCUT2D eigenvalue weighted by atomic mass is 9.92. The van der Waals surface area contributed by atoms with Crippen LogP contribution in [0.1, 0.15) is 24.5 Å². The molecule has 0 bridgehead atoms. The van der Waals surface area contributed by atoms with Gasteiger partial charge in [0.05, 0.1) is 28.7 Å². The Labute approximate surface area is 203 Å². The van der Waals surface area contributed by atoms with Crippen LogP contribution < -0.4 is 9.91 Å². The van der Waals surface area contributed by atoms with E-state index in [-0.39, 0.29) is 12.4 Å². The number of carbonyl (C=O) groups excluding carboxylic acids is 1. The van der Waals surface area contributed by atoms with Crippen LogP contribution in [0.15, 0.2) is 89.0 Å². The van der Waals surface area contributed by atoms with Gasteiger partial charge in [-0.2, -0.15) is 0 Å². The molecule has 2 aliphatic rings. The Morgan fingerprint density at radius 3 is 2.44 bits per heavy atom. The van der Waals surface area contributed by atoms with Crippen molar-refractivity contribution in [3.05, 3.63) is 90.0 Å². The smallest absolute Gasteiger partial charge is 0.376 e. The van der Waals surface area contributed by atoms with Crippen LogP contribution in [0, 0.1) is 6.92 Å². The predicted octanol–water partition coefficient (Wildman–Crippen LogP) is 5.85. The van der Waals surface area contributed by atoms with Gasteiger partial charge in [0.25, 0.3) is 0 Å². The second kappa shape index (κ2) is 8.99. The van der Waals surface area contributed by atoms with Gasteiger partial charge in [0, 0.05) is 12.0 Å². The van der Waals surface area contributed by atoms with Gasteiger partial charge in [-0.05, 0) is 44.4 Å². The number of nitrogens with zero attached hydrogens (tertiary/aromatic N) is 4. The number of thioether (sulfide) groups is 1. The van der Waals surface area contributed by atoms with Crippen LogP contribution in [0.25, 0.3) is 0 Å². The number of hydrazone groups is 1. The Hall–Kier alpha value is -3.58. The molecule has 172 valence electrons. The Bertz CT molecular complexity index is 1270. The summed E-state index contributed by atoms with van der Waals surface area (Å²) in [6.45, 7) is 4.13. The summed E-state index contributed by atoms with van der Waals surface area (Å²) in [5.74, 6) is -0.212. The van der Waals surface area contributed by atoms with Gasteiger partial charge in [-0.1, -0.05) is 60.2 Å². The van der Waals surface area contributed by atoms with E-state index in [2.05, 4.69) is 31.2 Å². The largest absolute Gasteiger partial charge is 0.460 e. The highest BCUT2D eigenvalue weighted by Crippen LogP contribution is 2.51. The van der Waals surface area contributed by atoms with Crippen molar-refractivity contribution in [1.82, 2.24) is 0 Å². The number of para-hydroxylation sites is 2. The zero-order chi connectivity index (χ0) is 23.7. The molecule has 0 aliphatic carbocycles. The maximum Gasteiger partial charge on any atom is 0.376 e. The lowest BCUT2D eigenvalue weighted by Crippen LogP contribution is -2.55. The lowest BCUT2D eigenvalue weighted by molar-refractivity contribution is -0.135. The molecule has 5 rings (SSSR count). The summed E-state index contributed by atoms with van der Waals surface area (Å²) in [4.78, 5) is 20.3. The minimum atomic E-state index is -0.840. The quantitative estimate of drug-likeness (QED) is 0.448. The molecule has 3 aromatic rings. The third-order valence-corrected chi connectivity index (χ3v) is 6.81. The fraction of sp³-hybridized carbons (Fsp3) is 0.222. The first kappa shape index (κ1) is 22.2. The third kappa shape index (κ3) is 3.56. The second-order valence-electron chi connectivity index (χ2n) is 8.18. The molecule has 6 nitrogen and oxygen atoms in total. The van der Waals surface area contributed by atoms with E-state index in [9.17, 15) is 4.79 Å². The monoisotopic (exact) mass is 470 g/mol. The van der Waals surface area contributed by atoms with E-state index in [1.54, 1.807) is 18.7 Å². The zero-order valence-electron chi connectivity index (χ0n) is 19.4. The van der Waals surface area contributed by atoms with Crippen molar-refractivity contribution in [2.75, 3.05) is 22.8 Å². The Balaban J connectivity index is 1.84. The van der Waals surface area contributed by atoms with E-state index in [0.717, 1.165) is 33.2 Å². The van der Waals surface area contributed by atoms with Crippen LogP contribution in [0.4, 0.5) is 17.1 Å². The third-order valence-electron chi connectivity index (χ3n) is 6.10. The number of rotatable bonds is 4. The number of aryl methyl sites for hydroxylation is 1. The van der Waals surface area contributed by atoms with Gasteiger partial charge >= 0.3 is 5.97 Å². The summed E-state index contributed by atoms with van der Waals surface area (Å²) in [7, 11) is 0. The van der Waals surface area contributed by atoms with E-state index in [4.69, 9.17) is 14.8 Å². The summed E-state index contributed by atoms with van der Waals surface area (Å²) in [6, 6.07) is 26.3. The summed E-state index contributed by atoms with van der Waals surface area (Å²) < 4.78 is 5.49. The molecule has 0 saturated heterocycles. The normalized spacial score (nSPS) is 19.0. The molecule has 0 unspecified atom stereocenters. The molecule has 0 fully saturated rings. The Kier molecular flexibility index (Phi) is 5.87. The van der Waals surface area contributed by atoms with Crippen molar-refractivity contribution in [1.29, 1.82) is 0 Å². The predicted molar refractivity (Wildman–Crippen MR) is 140 cm³/mol. The minimum absolute atomic E-state index is 0.247. The average molecular weight is 471 g/mol. The van der Waals surface area contributed by atoms with Crippen LogP contribution in [0.5, 0.6) is 0 Å². The van der Waals surface area contributed by atoms with E-state index in [0.29, 0.717) is 6.42 Å². The maximum absolute atomic E-state index is 13.3. The maximum atomic E-state index is 13.3. The topological polar surface area (TPSA) is 57.5 Å². The van der Waals surface area contributed by atoms with Gasteiger partial charge in [-0.15, -0.1) is 16.9 Å². The van der Waals surface area contributed by atoms with Crippen molar-refractivity contribution in [2.45, 2.75) is 25.9 Å². The SMILES string of the molecule is CCOC(=O)C1=NN(c2ccc(C)cc2)[C@]2(c3ccccc3)CC(SC)=Nc3ccccc3N12. The molecular formula is C27H26N4O2S. The van der Waals surface area contributed by atoms with Gasteiger partial charge in [0.1, 0.15) is 0 Å². The van der Waals surface area contributed by atoms with Crippen LogP contribution in [-0.4, -0.2) is 29.7 Å². The molecule has 2 aliphatic heterocycles. The first-order valence-electron chi connectivity index (χ1n) is 11.3. The van der Waals surface area contributed by atoms with Crippen LogP contribution in [0.3, 0.4) is 0 Å². The van der Waals surface area contributed by atoms with E-state index in [1.165, 1.54) is 0 Å². The number of fused-ring (bicyclic) bond motifs is 3. The minimum Gasteiger partial charge on any atom is -0.460 e. The number of hydrogen-bond donors (Lipinski definition) is 0. The number of benzene rings is 3. The zero-order valence-corrected chi connectivity index (χ0v) is 20.2. The molecule has 0 N–H and O–H groups in total. The molecule has 1 atom stereocenters. The molecule has 0 amide bonds. The highest BCUT2D eigenvalue weighted by Gasteiger charge is 2.55. The second-order valence-corrected chi connectivity index (χ2v) is 9.06. The molecule has 0 spiro atoms. The van der Waals surface area contributed by atoms with Gasteiger partial charge in [-0.3, -0.25) is 4.90 Å². The number of anilines is 2. The van der Waals surface area contributed by atoms with Crippen molar-refractivity contribution in [3.8, 4) is 0 Å². The van der Waals surface area contributed by atoms with Gasteiger partial charge in [0.2, 0.25) is 5.84 Å². The number of carbonyl (C=O) groups is 1. The average Bonchev–Trinajstić information content (AvgIpc) is 3.12. The number of hydrogen-bond acceptors (Lipinski definition) is 7. The summed E-state index contributed by atoms with van der Waals surface area (Å²) in [5, 5.41) is 7.86. The molecule has 7 heteroatoms. The van der Waals surface area contributed by atoms with Crippen molar-refractivity contribution in [3.63, 3.8) is 0 Å². The summed E-state index contributed by atoms with van der Waals surface area (Å²) >= 11 is 1.61. The fourth-order valence-electron chi connectivity index (χ4n) is 4.55. The lowest BCUT2D eigenvalue weighted by Gasteiger charge is -2.44. The summed E-state index contributed by atoms with van der Waals surface area (Å²) in [5.41, 5.74) is 3.83.